The number of nitriles is 1. The van der Waals surface area contributed by atoms with Gasteiger partial charge in [-0.25, -0.2) is 17.2 Å². The van der Waals surface area contributed by atoms with Crippen molar-refractivity contribution >= 4 is 15.9 Å². The summed E-state index contributed by atoms with van der Waals surface area (Å²) in [4.78, 5) is -0.501. The minimum absolute atomic E-state index is 0.112. The number of rotatable bonds is 2. The lowest BCUT2D eigenvalue weighted by molar-refractivity contribution is 0.508. The van der Waals surface area contributed by atoms with Crippen LogP contribution in [0.2, 0.25) is 0 Å². The largest absolute Gasteiger partial charge is 0.223 e. The molecule has 1 aromatic carbocycles. The zero-order chi connectivity index (χ0) is 12.3. The zero-order valence-electron chi connectivity index (χ0n) is 8.24. The van der Waals surface area contributed by atoms with Gasteiger partial charge in [0.05, 0.1) is 0 Å². The van der Waals surface area contributed by atoms with E-state index in [1.165, 1.54) is 12.1 Å². The number of allylic oxidation sites excluding steroid dienone is 1. The van der Waals surface area contributed by atoms with Crippen molar-refractivity contribution in [1.29, 1.82) is 5.26 Å². The van der Waals surface area contributed by atoms with Gasteiger partial charge in [0.15, 0.2) is 21.5 Å². The molecule has 0 saturated heterocycles. The summed E-state index contributed by atoms with van der Waals surface area (Å²) in [5.41, 5.74) is 0.112. The second-order valence-corrected chi connectivity index (χ2v) is 5.05. The van der Waals surface area contributed by atoms with Gasteiger partial charge in [-0.3, -0.25) is 0 Å². The SMILES string of the molecule is CS(=O)(=O)/C(C#N)=C/c1ccc(F)c(F)c1. The van der Waals surface area contributed by atoms with E-state index in [4.69, 9.17) is 5.26 Å². The Hall–Kier alpha value is -1.74. The van der Waals surface area contributed by atoms with Gasteiger partial charge in [-0.05, 0) is 23.8 Å². The maximum absolute atomic E-state index is 12.8. The Morgan fingerprint density at radius 1 is 1.38 bits per heavy atom. The Balaban J connectivity index is 3.27. The van der Waals surface area contributed by atoms with Crippen LogP contribution in [-0.4, -0.2) is 14.7 Å². The van der Waals surface area contributed by atoms with Gasteiger partial charge in [0, 0.05) is 6.26 Å². The van der Waals surface area contributed by atoms with Gasteiger partial charge in [0.2, 0.25) is 0 Å². The number of halogens is 2. The van der Waals surface area contributed by atoms with E-state index >= 15 is 0 Å². The molecule has 0 fully saturated rings. The van der Waals surface area contributed by atoms with Gasteiger partial charge in [-0.2, -0.15) is 5.26 Å². The quantitative estimate of drug-likeness (QED) is 0.745. The molecule has 6 heteroatoms. The molecule has 1 aromatic rings. The van der Waals surface area contributed by atoms with Gasteiger partial charge in [-0.15, -0.1) is 0 Å². The molecule has 0 spiro atoms. The van der Waals surface area contributed by atoms with E-state index in [1.54, 1.807) is 0 Å². The summed E-state index contributed by atoms with van der Waals surface area (Å²) in [6, 6.07) is 4.34. The summed E-state index contributed by atoms with van der Waals surface area (Å²) in [6.07, 6.45) is 1.85. The molecule has 0 aliphatic carbocycles. The maximum Gasteiger partial charge on any atom is 0.185 e. The van der Waals surface area contributed by atoms with Crippen LogP contribution in [0, 0.1) is 23.0 Å². The predicted molar refractivity (Wildman–Crippen MR) is 54.8 cm³/mol. The van der Waals surface area contributed by atoms with Crippen LogP contribution < -0.4 is 0 Å². The Kier molecular flexibility index (Phi) is 3.40. The molecule has 84 valence electrons. The average Bonchev–Trinajstić information content (AvgIpc) is 2.18. The third-order valence-corrected chi connectivity index (χ3v) is 2.76. The molecule has 0 radical (unpaired) electrons. The van der Waals surface area contributed by atoms with Gasteiger partial charge in [0.1, 0.15) is 11.0 Å². The third kappa shape index (κ3) is 2.87. The lowest BCUT2D eigenvalue weighted by Gasteiger charge is -1.97. The predicted octanol–water partition coefficient (Wildman–Crippen LogP) is 1.87. The summed E-state index contributed by atoms with van der Waals surface area (Å²) in [7, 11) is -3.65. The molecule has 0 bridgehead atoms. The van der Waals surface area contributed by atoms with Crippen LogP contribution >= 0.6 is 0 Å². The molecule has 1 rings (SSSR count). The van der Waals surface area contributed by atoms with Crippen LogP contribution in [-0.2, 0) is 9.84 Å². The summed E-state index contributed by atoms with van der Waals surface area (Å²) < 4.78 is 47.5. The Labute approximate surface area is 91.6 Å². The first kappa shape index (κ1) is 12.3. The zero-order valence-corrected chi connectivity index (χ0v) is 9.05. The lowest BCUT2D eigenvalue weighted by Crippen LogP contribution is -1.98. The molecule has 0 unspecified atom stereocenters. The van der Waals surface area contributed by atoms with Crippen LogP contribution in [0.4, 0.5) is 8.78 Å². The summed E-state index contributed by atoms with van der Waals surface area (Å²) >= 11 is 0. The van der Waals surface area contributed by atoms with Crippen molar-refractivity contribution in [3.63, 3.8) is 0 Å². The van der Waals surface area contributed by atoms with Crippen molar-refractivity contribution in [2.75, 3.05) is 6.26 Å². The molecule has 3 nitrogen and oxygen atoms in total. The first-order chi connectivity index (χ1) is 7.34. The average molecular weight is 243 g/mol. The Bertz CT molecular complexity index is 585. The maximum atomic E-state index is 12.8. The Morgan fingerprint density at radius 3 is 2.44 bits per heavy atom. The monoisotopic (exact) mass is 243 g/mol. The molecular weight excluding hydrogens is 236 g/mol. The molecule has 16 heavy (non-hydrogen) atoms. The summed E-state index contributed by atoms with van der Waals surface area (Å²) in [5, 5.41) is 8.58. The number of nitrogens with zero attached hydrogens (tertiary/aromatic N) is 1. The molecule has 0 aliphatic heterocycles. The second-order valence-electron chi connectivity index (χ2n) is 3.07. The molecule has 0 aromatic heterocycles. The van der Waals surface area contributed by atoms with Crippen LogP contribution in [0.15, 0.2) is 23.1 Å². The van der Waals surface area contributed by atoms with Crippen molar-refractivity contribution in [3.8, 4) is 6.07 Å². The van der Waals surface area contributed by atoms with Crippen molar-refractivity contribution in [3.05, 3.63) is 40.3 Å². The molecule has 0 N–H and O–H groups in total. The minimum atomic E-state index is -3.65. The number of hydrogen-bond acceptors (Lipinski definition) is 3. The van der Waals surface area contributed by atoms with Crippen LogP contribution in [0.5, 0.6) is 0 Å². The number of hydrogen-bond donors (Lipinski definition) is 0. The standard InChI is InChI=1S/C10H7F2NO2S/c1-16(14,15)8(6-13)4-7-2-3-9(11)10(12)5-7/h2-5H,1H3/b8-4+. The Morgan fingerprint density at radius 2 is 2.00 bits per heavy atom. The van der Waals surface area contributed by atoms with Crippen molar-refractivity contribution < 1.29 is 17.2 Å². The number of benzene rings is 1. The van der Waals surface area contributed by atoms with Crippen LogP contribution in [0.3, 0.4) is 0 Å². The molecule has 0 aliphatic rings. The van der Waals surface area contributed by atoms with Gasteiger partial charge in [-0.1, -0.05) is 6.07 Å². The van der Waals surface area contributed by atoms with Crippen LogP contribution in [0.1, 0.15) is 5.56 Å². The fraction of sp³-hybridized carbons (Fsp3) is 0.100. The topological polar surface area (TPSA) is 57.9 Å². The molecular formula is C10H7F2NO2S. The van der Waals surface area contributed by atoms with E-state index in [-0.39, 0.29) is 5.56 Å². The first-order valence-corrected chi connectivity index (χ1v) is 6.00. The smallest absolute Gasteiger partial charge is 0.185 e. The van der Waals surface area contributed by atoms with Crippen molar-refractivity contribution in [2.24, 2.45) is 0 Å². The van der Waals surface area contributed by atoms with Gasteiger partial charge >= 0.3 is 0 Å². The fourth-order valence-corrected chi connectivity index (χ4v) is 1.49. The summed E-state index contributed by atoms with van der Waals surface area (Å²) in [5.74, 6) is -2.13. The van der Waals surface area contributed by atoms with E-state index in [0.717, 1.165) is 24.5 Å². The van der Waals surface area contributed by atoms with Gasteiger partial charge < -0.3 is 0 Å². The second kappa shape index (κ2) is 4.41. The van der Waals surface area contributed by atoms with Gasteiger partial charge in [0.25, 0.3) is 0 Å². The van der Waals surface area contributed by atoms with Crippen LogP contribution in [0.25, 0.3) is 6.08 Å². The highest BCUT2D eigenvalue weighted by atomic mass is 32.2. The van der Waals surface area contributed by atoms with E-state index in [9.17, 15) is 17.2 Å². The fourth-order valence-electron chi connectivity index (χ4n) is 0.976. The van der Waals surface area contributed by atoms with E-state index in [0.29, 0.717) is 0 Å². The van der Waals surface area contributed by atoms with E-state index in [1.807, 2.05) is 0 Å². The molecule has 0 atom stereocenters. The summed E-state index contributed by atoms with van der Waals surface area (Å²) in [6.45, 7) is 0. The molecule has 0 saturated carbocycles. The van der Waals surface area contributed by atoms with Crippen molar-refractivity contribution in [2.45, 2.75) is 0 Å². The normalized spacial score (nSPS) is 12.2. The highest BCUT2D eigenvalue weighted by molar-refractivity contribution is 7.95. The third-order valence-electron chi connectivity index (χ3n) is 1.75. The number of sulfone groups is 1. The van der Waals surface area contributed by atoms with Crippen molar-refractivity contribution in [1.82, 2.24) is 0 Å². The highest BCUT2D eigenvalue weighted by Crippen LogP contribution is 2.14. The first-order valence-electron chi connectivity index (χ1n) is 4.11. The lowest BCUT2D eigenvalue weighted by atomic mass is 10.2. The minimum Gasteiger partial charge on any atom is -0.223 e. The molecule has 0 amide bonds. The molecule has 0 heterocycles. The van der Waals surface area contributed by atoms with E-state index < -0.39 is 26.4 Å². The van der Waals surface area contributed by atoms with E-state index in [2.05, 4.69) is 0 Å². The highest BCUT2D eigenvalue weighted by Gasteiger charge is 2.11.